The van der Waals surface area contributed by atoms with Gasteiger partial charge in [0, 0.05) is 6.92 Å². The van der Waals surface area contributed by atoms with Crippen LogP contribution < -0.4 is 5.32 Å². The third kappa shape index (κ3) is 19.1. The number of amides is 1. The van der Waals surface area contributed by atoms with Crippen molar-refractivity contribution >= 4 is 33.6 Å². The molecule has 0 spiro atoms. The minimum Gasteiger partial charge on any atom is -0.345 e. The van der Waals surface area contributed by atoms with Gasteiger partial charge in [-0.1, -0.05) is 90.4 Å². The molecular formula is C23H46ClNO2S. The molecular weight excluding hydrogens is 390 g/mol. The van der Waals surface area contributed by atoms with E-state index in [2.05, 4.69) is 18.5 Å². The van der Waals surface area contributed by atoms with Crippen molar-refractivity contribution in [1.29, 1.82) is 0 Å². The lowest BCUT2D eigenvalue weighted by atomic mass is 10.0. The Morgan fingerprint density at radius 1 is 0.786 bits per heavy atom. The molecule has 1 unspecified atom stereocenters. The molecule has 1 N–H and O–H groups in total. The standard InChI is InChI=1S/C23H46ClNO2S/c1-4-5-6-7-8-9-10-11-12-13-14-15-16-17-19-28(3)20-18-22(23(24)27)25-21(2)26/h22,28H,4-20H2,1-3H3,(H,25,26)/t22-/m1/s1. The summed E-state index contributed by atoms with van der Waals surface area (Å²) in [5.41, 5.74) is 0. The van der Waals surface area contributed by atoms with Gasteiger partial charge in [0.2, 0.25) is 11.1 Å². The highest BCUT2D eigenvalue weighted by molar-refractivity contribution is 8.16. The summed E-state index contributed by atoms with van der Waals surface area (Å²) in [4.78, 5) is 22.5. The molecule has 2 atom stereocenters. The van der Waals surface area contributed by atoms with Crippen LogP contribution in [0.5, 0.6) is 0 Å². The molecule has 0 saturated heterocycles. The Morgan fingerprint density at radius 3 is 1.61 bits per heavy atom. The van der Waals surface area contributed by atoms with Gasteiger partial charge in [0.25, 0.3) is 0 Å². The molecule has 168 valence electrons. The summed E-state index contributed by atoms with van der Waals surface area (Å²) in [6.07, 6.45) is 22.4. The smallest absolute Gasteiger partial charge is 0.244 e. The zero-order valence-electron chi connectivity index (χ0n) is 18.7. The zero-order valence-corrected chi connectivity index (χ0v) is 20.4. The summed E-state index contributed by atoms with van der Waals surface area (Å²) in [5, 5.41) is 2.20. The Balaban J connectivity index is 3.41. The van der Waals surface area contributed by atoms with Gasteiger partial charge in [-0.15, -0.1) is 0 Å². The van der Waals surface area contributed by atoms with Gasteiger partial charge in [-0.25, -0.2) is 0 Å². The molecule has 5 heteroatoms. The number of nitrogens with one attached hydrogen (secondary N) is 1. The average Bonchev–Trinajstić information content (AvgIpc) is 2.64. The molecule has 0 aliphatic carbocycles. The number of carbonyl (C=O) groups excluding carboxylic acids is 2. The highest BCUT2D eigenvalue weighted by Crippen LogP contribution is 2.24. The first-order valence-corrected chi connectivity index (χ1v) is 14.2. The van der Waals surface area contributed by atoms with Crippen LogP contribution in [-0.4, -0.2) is 35.0 Å². The van der Waals surface area contributed by atoms with Crippen molar-refractivity contribution < 1.29 is 9.59 Å². The lowest BCUT2D eigenvalue weighted by Crippen LogP contribution is -2.38. The number of carbonyl (C=O) groups is 2. The van der Waals surface area contributed by atoms with Crippen molar-refractivity contribution in [2.45, 2.75) is 116 Å². The van der Waals surface area contributed by atoms with E-state index in [1.54, 1.807) is 0 Å². The first-order chi connectivity index (χ1) is 13.5. The van der Waals surface area contributed by atoms with Crippen LogP contribution >= 0.6 is 22.5 Å². The van der Waals surface area contributed by atoms with Crippen LogP contribution in [0.25, 0.3) is 0 Å². The quantitative estimate of drug-likeness (QED) is 0.126. The molecule has 1 amide bonds. The lowest BCUT2D eigenvalue weighted by Gasteiger charge is -2.19. The molecule has 0 aliphatic heterocycles. The van der Waals surface area contributed by atoms with E-state index in [4.69, 9.17) is 11.6 Å². The summed E-state index contributed by atoms with van der Waals surface area (Å²) >= 11 is 5.57. The van der Waals surface area contributed by atoms with Crippen LogP contribution in [0.1, 0.15) is 110 Å². The van der Waals surface area contributed by atoms with Gasteiger partial charge in [-0.05, 0) is 42.2 Å². The predicted molar refractivity (Wildman–Crippen MR) is 128 cm³/mol. The molecule has 0 aliphatic rings. The topological polar surface area (TPSA) is 46.2 Å². The fourth-order valence-electron chi connectivity index (χ4n) is 3.53. The van der Waals surface area contributed by atoms with E-state index in [9.17, 15) is 9.59 Å². The molecule has 0 radical (unpaired) electrons. The van der Waals surface area contributed by atoms with Crippen LogP contribution in [0.4, 0.5) is 0 Å². The number of halogens is 1. The molecule has 0 heterocycles. The molecule has 0 aromatic heterocycles. The Hall–Kier alpha value is -0.220. The summed E-state index contributed by atoms with van der Waals surface area (Å²) in [7, 11) is -0.0655. The maximum Gasteiger partial charge on any atom is 0.244 e. The molecule has 0 rings (SSSR count). The molecule has 0 saturated carbocycles. The van der Waals surface area contributed by atoms with Gasteiger partial charge in [-0.3, -0.25) is 20.5 Å². The average molecular weight is 436 g/mol. The van der Waals surface area contributed by atoms with Crippen LogP contribution in [0.15, 0.2) is 0 Å². The van der Waals surface area contributed by atoms with Crippen LogP contribution in [0.3, 0.4) is 0 Å². The second kappa shape index (κ2) is 20.1. The van der Waals surface area contributed by atoms with Crippen molar-refractivity contribution in [1.82, 2.24) is 5.32 Å². The van der Waals surface area contributed by atoms with E-state index in [0.29, 0.717) is 6.42 Å². The van der Waals surface area contributed by atoms with Gasteiger partial charge < -0.3 is 5.32 Å². The molecule has 0 bridgehead atoms. The number of unbranched alkanes of at least 4 members (excludes halogenated alkanes) is 13. The zero-order chi connectivity index (χ0) is 21.0. The monoisotopic (exact) mass is 435 g/mol. The summed E-state index contributed by atoms with van der Waals surface area (Å²) in [6.45, 7) is 3.70. The Labute approximate surface area is 182 Å². The first-order valence-electron chi connectivity index (χ1n) is 11.6. The van der Waals surface area contributed by atoms with E-state index in [1.165, 1.54) is 103 Å². The second-order valence-electron chi connectivity index (χ2n) is 8.25. The van der Waals surface area contributed by atoms with Crippen LogP contribution in [0, 0.1) is 0 Å². The van der Waals surface area contributed by atoms with Crippen molar-refractivity contribution in [2.75, 3.05) is 17.8 Å². The van der Waals surface area contributed by atoms with Gasteiger partial charge in [0.1, 0.15) is 6.04 Å². The molecule has 28 heavy (non-hydrogen) atoms. The van der Waals surface area contributed by atoms with Crippen molar-refractivity contribution in [2.24, 2.45) is 0 Å². The largest absolute Gasteiger partial charge is 0.345 e. The summed E-state index contributed by atoms with van der Waals surface area (Å²) in [6, 6.07) is -0.513. The highest BCUT2D eigenvalue weighted by Gasteiger charge is 2.17. The molecule has 3 nitrogen and oxygen atoms in total. The van der Waals surface area contributed by atoms with Crippen LogP contribution in [-0.2, 0) is 9.59 Å². The van der Waals surface area contributed by atoms with E-state index in [1.807, 2.05) is 0 Å². The normalized spacial score (nSPS) is 13.9. The number of hydrogen-bond acceptors (Lipinski definition) is 2. The van der Waals surface area contributed by atoms with Crippen molar-refractivity contribution in [3.8, 4) is 0 Å². The van der Waals surface area contributed by atoms with E-state index in [-0.39, 0.29) is 16.8 Å². The molecule has 0 aromatic rings. The van der Waals surface area contributed by atoms with E-state index >= 15 is 0 Å². The number of rotatable bonds is 20. The lowest BCUT2D eigenvalue weighted by molar-refractivity contribution is -0.123. The Bertz CT molecular complexity index is 393. The third-order valence-corrected chi connectivity index (χ3v) is 7.71. The summed E-state index contributed by atoms with van der Waals surface area (Å²) in [5.74, 6) is 2.07. The maximum absolute atomic E-state index is 11.3. The minimum absolute atomic E-state index is 0.0655. The molecule has 0 fully saturated rings. The maximum atomic E-state index is 11.3. The van der Waals surface area contributed by atoms with Crippen molar-refractivity contribution in [3.05, 3.63) is 0 Å². The fraction of sp³-hybridized carbons (Fsp3) is 0.913. The Morgan fingerprint density at radius 2 is 1.21 bits per heavy atom. The second-order valence-corrected chi connectivity index (χ2v) is 11.2. The Kier molecular flexibility index (Phi) is 19.9. The van der Waals surface area contributed by atoms with Gasteiger partial charge in [0.05, 0.1) is 0 Å². The van der Waals surface area contributed by atoms with Crippen molar-refractivity contribution in [3.63, 3.8) is 0 Å². The van der Waals surface area contributed by atoms with Crippen LogP contribution in [0.2, 0.25) is 0 Å². The SMILES string of the molecule is CCCCCCCCCCCCCCCC[SH](C)CC[C@@H](NC(C)=O)C(=O)Cl. The number of thiol groups is 1. The van der Waals surface area contributed by atoms with Gasteiger partial charge >= 0.3 is 0 Å². The highest BCUT2D eigenvalue weighted by atomic mass is 35.5. The summed E-state index contributed by atoms with van der Waals surface area (Å²) < 4.78 is 0. The predicted octanol–water partition coefficient (Wildman–Crippen LogP) is 6.76. The number of hydrogen-bond donors (Lipinski definition) is 2. The third-order valence-electron chi connectivity index (χ3n) is 5.34. The fourth-order valence-corrected chi connectivity index (χ4v) is 5.37. The first kappa shape index (κ1) is 27.8. The van der Waals surface area contributed by atoms with Gasteiger partial charge in [0.15, 0.2) is 0 Å². The van der Waals surface area contributed by atoms with Gasteiger partial charge in [-0.2, -0.15) is 0 Å². The van der Waals surface area contributed by atoms with E-state index in [0.717, 1.165) is 5.75 Å². The molecule has 0 aromatic carbocycles. The van der Waals surface area contributed by atoms with E-state index < -0.39 is 11.3 Å². The minimum atomic E-state index is -0.513.